The zero-order valence-electron chi connectivity index (χ0n) is 14.1. The van der Waals surface area contributed by atoms with Crippen LogP contribution in [0.1, 0.15) is 23.2 Å². The molecule has 1 rings (SSSR count). The highest BCUT2D eigenvalue weighted by molar-refractivity contribution is 7.72. The van der Waals surface area contributed by atoms with E-state index in [0.717, 1.165) is 0 Å². The summed E-state index contributed by atoms with van der Waals surface area (Å²) >= 11 is 0. The van der Waals surface area contributed by atoms with Crippen molar-refractivity contribution in [2.45, 2.75) is 17.9 Å². The van der Waals surface area contributed by atoms with E-state index >= 15 is 0 Å². The van der Waals surface area contributed by atoms with Gasteiger partial charge in [0.1, 0.15) is 12.0 Å². The molecule has 1 aromatic carbocycles. The van der Waals surface area contributed by atoms with Crippen LogP contribution in [0.2, 0.25) is 0 Å². The third-order valence-electron chi connectivity index (χ3n) is 3.71. The number of benzene rings is 1. The van der Waals surface area contributed by atoms with Gasteiger partial charge in [0, 0.05) is 25.1 Å². The summed E-state index contributed by atoms with van der Waals surface area (Å²) in [4.78, 5) is 48.5. The summed E-state index contributed by atoms with van der Waals surface area (Å²) in [5, 5.41) is 6.39. The Labute approximate surface area is 150 Å². The highest BCUT2D eigenvalue weighted by Gasteiger charge is 2.58. The topological polar surface area (TPSA) is 165 Å². The zero-order chi connectivity index (χ0) is 20.0. The molecule has 0 fully saturated rings. The highest BCUT2D eigenvalue weighted by atomic mass is 31.2. The Morgan fingerprint density at radius 2 is 1.77 bits per heavy atom. The van der Waals surface area contributed by atoms with E-state index in [4.69, 9.17) is 24.3 Å². The number of rotatable bonds is 11. The monoisotopic (exact) mass is 411 g/mol. The van der Waals surface area contributed by atoms with Crippen molar-refractivity contribution in [2.75, 3.05) is 26.7 Å². The molecular weight excluding hydrogens is 388 g/mol. The number of aliphatic hydroxyl groups is 1. The van der Waals surface area contributed by atoms with Crippen LogP contribution in [0.5, 0.6) is 5.75 Å². The lowest BCUT2D eigenvalue weighted by molar-refractivity contribution is 0.111. The minimum atomic E-state index is -5.43. The summed E-state index contributed by atoms with van der Waals surface area (Å²) in [6.45, 7) is 0.549. The van der Waals surface area contributed by atoms with Gasteiger partial charge in [-0.2, -0.15) is 0 Å². The maximum absolute atomic E-state index is 11.3. The van der Waals surface area contributed by atoms with Crippen molar-refractivity contribution in [1.29, 1.82) is 0 Å². The minimum Gasteiger partial charge on any atom is -0.494 e. The lowest BCUT2D eigenvalue weighted by atomic mass is 10.2. The summed E-state index contributed by atoms with van der Waals surface area (Å²) in [6, 6.07) is 6.58. The van der Waals surface area contributed by atoms with E-state index in [2.05, 4.69) is 0 Å². The standard InChI is InChI=1S/C14H23NO9P2/c1-15(8-6-14(17,25(18,19)20)26(21,22)23)7-3-9-24-13-5-2-4-12(10-13)11-16/h2,4-5,10-11,17H,3,6-9H2,1H3,(H2,18,19,20)(H2,21,22,23). The van der Waals surface area contributed by atoms with Crippen LogP contribution in [-0.4, -0.2) is 67.7 Å². The zero-order valence-corrected chi connectivity index (χ0v) is 15.9. The number of hydrogen-bond donors (Lipinski definition) is 5. The van der Waals surface area contributed by atoms with Crippen LogP contribution >= 0.6 is 15.2 Å². The molecule has 0 heterocycles. The first-order valence-electron chi connectivity index (χ1n) is 7.61. The second-order valence-electron chi connectivity index (χ2n) is 5.81. The number of carbonyl (C=O) groups excluding carboxylic acids is 1. The molecule has 5 N–H and O–H groups in total. The third kappa shape index (κ3) is 6.26. The predicted molar refractivity (Wildman–Crippen MR) is 93.1 cm³/mol. The van der Waals surface area contributed by atoms with Crippen LogP contribution in [0.3, 0.4) is 0 Å². The molecule has 0 radical (unpaired) electrons. The second kappa shape index (κ2) is 9.21. The van der Waals surface area contributed by atoms with Crippen LogP contribution in [0, 0.1) is 0 Å². The van der Waals surface area contributed by atoms with Gasteiger partial charge >= 0.3 is 15.2 Å². The Kier molecular flexibility index (Phi) is 8.13. The first kappa shape index (κ1) is 23.0. The molecule has 148 valence electrons. The number of nitrogens with zero attached hydrogens (tertiary/aromatic N) is 1. The molecule has 0 saturated carbocycles. The number of carbonyl (C=O) groups is 1. The van der Waals surface area contributed by atoms with Gasteiger partial charge in [0.25, 0.3) is 5.08 Å². The minimum absolute atomic E-state index is 0.145. The van der Waals surface area contributed by atoms with Gasteiger partial charge in [0.05, 0.1) is 6.61 Å². The number of hydrogen-bond acceptors (Lipinski definition) is 6. The summed E-state index contributed by atoms with van der Waals surface area (Å²) in [7, 11) is -9.29. The first-order valence-corrected chi connectivity index (χ1v) is 10.8. The number of aldehydes is 1. The van der Waals surface area contributed by atoms with Gasteiger partial charge in [0.15, 0.2) is 0 Å². The molecule has 0 unspecified atom stereocenters. The van der Waals surface area contributed by atoms with Gasteiger partial charge in [-0.3, -0.25) is 13.9 Å². The lowest BCUT2D eigenvalue weighted by Crippen LogP contribution is -2.34. The molecular formula is C14H23NO9P2. The fourth-order valence-electron chi connectivity index (χ4n) is 2.12. The van der Waals surface area contributed by atoms with E-state index in [-0.39, 0.29) is 6.54 Å². The Morgan fingerprint density at radius 1 is 1.15 bits per heavy atom. The van der Waals surface area contributed by atoms with Gasteiger partial charge in [0.2, 0.25) is 0 Å². The van der Waals surface area contributed by atoms with Gasteiger partial charge in [-0.25, -0.2) is 0 Å². The fourth-order valence-corrected chi connectivity index (χ4v) is 4.26. The summed E-state index contributed by atoms with van der Waals surface area (Å²) in [6.07, 6.45) is 0.413. The van der Waals surface area contributed by atoms with Gasteiger partial charge in [-0.05, 0) is 25.6 Å². The highest BCUT2D eigenvalue weighted by Crippen LogP contribution is 2.68. The fraction of sp³-hybridized carbons (Fsp3) is 0.500. The largest absolute Gasteiger partial charge is 0.494 e. The molecule has 0 spiro atoms. The van der Waals surface area contributed by atoms with Crippen LogP contribution in [0.15, 0.2) is 24.3 Å². The van der Waals surface area contributed by atoms with E-state index in [0.29, 0.717) is 37.2 Å². The van der Waals surface area contributed by atoms with Crippen LogP contribution in [0.4, 0.5) is 0 Å². The first-order chi connectivity index (χ1) is 11.9. The van der Waals surface area contributed by atoms with Crippen molar-refractivity contribution >= 4 is 21.5 Å². The quantitative estimate of drug-likeness (QED) is 0.198. The van der Waals surface area contributed by atoms with Crippen molar-refractivity contribution < 1.29 is 43.3 Å². The van der Waals surface area contributed by atoms with Gasteiger partial charge in [-0.1, -0.05) is 12.1 Å². The Bertz CT molecular complexity index is 677. The van der Waals surface area contributed by atoms with E-state index < -0.39 is 26.7 Å². The Morgan fingerprint density at radius 3 is 2.31 bits per heavy atom. The van der Waals surface area contributed by atoms with Gasteiger partial charge < -0.3 is 34.3 Å². The van der Waals surface area contributed by atoms with Crippen LogP contribution in [0.25, 0.3) is 0 Å². The second-order valence-corrected chi connectivity index (χ2v) is 9.82. The maximum Gasteiger partial charge on any atom is 0.369 e. The summed E-state index contributed by atoms with van der Waals surface area (Å²) in [5.41, 5.74) is 0.480. The molecule has 1 aromatic rings. The third-order valence-corrected chi connectivity index (χ3v) is 7.59. The molecule has 0 aliphatic carbocycles. The molecule has 10 nitrogen and oxygen atoms in total. The molecule has 12 heteroatoms. The Balaban J connectivity index is 2.46. The lowest BCUT2D eigenvalue weighted by Gasteiger charge is -2.30. The molecule has 26 heavy (non-hydrogen) atoms. The van der Waals surface area contributed by atoms with Crippen molar-refractivity contribution in [3.63, 3.8) is 0 Å². The average molecular weight is 411 g/mol. The van der Waals surface area contributed by atoms with Crippen molar-refractivity contribution in [1.82, 2.24) is 4.90 Å². The van der Waals surface area contributed by atoms with Crippen molar-refractivity contribution in [3.05, 3.63) is 29.8 Å². The normalized spacial score (nSPS) is 13.0. The molecule has 0 amide bonds. The van der Waals surface area contributed by atoms with E-state index in [1.165, 1.54) is 0 Å². The number of ether oxygens (including phenoxy) is 1. The smallest absolute Gasteiger partial charge is 0.369 e. The molecule has 0 atom stereocenters. The van der Waals surface area contributed by atoms with E-state index in [1.807, 2.05) is 0 Å². The molecule has 0 saturated heterocycles. The maximum atomic E-state index is 11.3. The Hall–Kier alpha value is -1.09. The summed E-state index contributed by atoms with van der Waals surface area (Å²) in [5.74, 6) is 0.523. The van der Waals surface area contributed by atoms with Crippen LogP contribution < -0.4 is 4.74 Å². The van der Waals surface area contributed by atoms with Gasteiger partial charge in [-0.15, -0.1) is 0 Å². The van der Waals surface area contributed by atoms with Crippen LogP contribution in [-0.2, 0) is 9.13 Å². The predicted octanol–water partition coefficient (Wildman–Crippen LogP) is 0.591. The molecule has 0 aliphatic rings. The molecule has 0 aromatic heterocycles. The summed E-state index contributed by atoms with van der Waals surface area (Å²) < 4.78 is 28.0. The SMILES string of the molecule is CN(CCCOc1cccc(C=O)c1)CCC(O)(P(=O)(O)O)P(=O)(O)O. The van der Waals surface area contributed by atoms with Crippen molar-refractivity contribution in [3.8, 4) is 5.75 Å². The van der Waals surface area contributed by atoms with E-state index in [1.54, 1.807) is 36.2 Å². The van der Waals surface area contributed by atoms with Crippen molar-refractivity contribution in [2.24, 2.45) is 0 Å². The average Bonchev–Trinajstić information content (AvgIpc) is 2.54. The molecule has 0 bridgehead atoms. The molecule has 0 aliphatic heterocycles. The van der Waals surface area contributed by atoms with E-state index in [9.17, 15) is 19.0 Å².